The maximum atomic E-state index is 11.5. The van der Waals surface area contributed by atoms with Crippen LogP contribution in [0.1, 0.15) is 35.1 Å². The number of hydrogen-bond acceptors (Lipinski definition) is 5. The van der Waals surface area contributed by atoms with Crippen LogP contribution in [-0.4, -0.2) is 38.2 Å². The first-order valence-electron chi connectivity index (χ1n) is 10.3. The van der Waals surface area contributed by atoms with E-state index in [1.165, 1.54) is 26.9 Å². The van der Waals surface area contributed by atoms with E-state index in [2.05, 4.69) is 35.8 Å². The summed E-state index contributed by atoms with van der Waals surface area (Å²) in [6.45, 7) is 7.67. The van der Waals surface area contributed by atoms with Gasteiger partial charge in [-0.2, -0.15) is 9.67 Å². The zero-order chi connectivity index (χ0) is 20.6. The quantitative estimate of drug-likeness (QED) is 0.384. The predicted octanol–water partition coefficient (Wildman–Crippen LogP) is 3.94. The molecule has 1 atom stereocenters. The van der Waals surface area contributed by atoms with Crippen LogP contribution < -0.4 is 4.74 Å². The van der Waals surface area contributed by atoms with Crippen LogP contribution in [0.5, 0.6) is 11.8 Å². The van der Waals surface area contributed by atoms with E-state index in [1.54, 1.807) is 0 Å². The fraction of sp³-hybridized carbons (Fsp3) is 0.600. The molecule has 9 heteroatoms. The van der Waals surface area contributed by atoms with Crippen molar-refractivity contribution < 1.29 is 18.2 Å². The maximum absolute atomic E-state index is 11.5. The maximum Gasteiger partial charge on any atom is 0.323 e. The lowest BCUT2D eigenvalue weighted by atomic mass is 10.0. The van der Waals surface area contributed by atoms with Gasteiger partial charge < -0.3 is 9.47 Å². The Morgan fingerprint density at radius 3 is 2.38 bits per heavy atom. The monoisotopic (exact) mass is 435 g/mol. The Morgan fingerprint density at radius 1 is 1.14 bits per heavy atom. The predicted molar refractivity (Wildman–Crippen MR) is 114 cm³/mol. The first-order chi connectivity index (χ1) is 13.8. The third kappa shape index (κ3) is 4.63. The smallest absolute Gasteiger partial charge is 0.323 e. The molecule has 1 aromatic heterocycles. The number of rotatable bonds is 8. The topological polar surface area (TPSA) is 86.5 Å². The molecule has 1 N–H and O–H groups in total. The van der Waals surface area contributed by atoms with Gasteiger partial charge in [0.2, 0.25) is 11.1 Å². The molecule has 0 spiro atoms. The fourth-order valence-corrected chi connectivity index (χ4v) is 5.13. The third-order valence-electron chi connectivity index (χ3n) is 5.60. The average Bonchev–Trinajstić information content (AvgIpc) is 3.37. The summed E-state index contributed by atoms with van der Waals surface area (Å²) in [7, 11) is -1.20. The van der Waals surface area contributed by atoms with E-state index in [-0.39, 0.29) is 17.9 Å². The van der Waals surface area contributed by atoms with E-state index in [4.69, 9.17) is 9.47 Å². The number of aromatic nitrogens is 3. The molecule has 0 bridgehead atoms. The van der Waals surface area contributed by atoms with Crippen molar-refractivity contribution in [3.05, 3.63) is 28.3 Å². The van der Waals surface area contributed by atoms with E-state index in [0.29, 0.717) is 6.61 Å². The van der Waals surface area contributed by atoms with Crippen molar-refractivity contribution in [2.75, 3.05) is 6.61 Å². The van der Waals surface area contributed by atoms with Gasteiger partial charge in [-0.05, 0) is 66.8 Å². The molecule has 0 aliphatic heterocycles. The minimum Gasteiger partial charge on any atom is -0.424 e. The second kappa shape index (κ2) is 8.29. The molecule has 29 heavy (non-hydrogen) atoms. The van der Waals surface area contributed by atoms with Gasteiger partial charge in [0.1, 0.15) is 12.5 Å². The van der Waals surface area contributed by atoms with Crippen LogP contribution in [0.4, 0.5) is 0 Å². The molecule has 0 amide bonds. The highest BCUT2D eigenvalue weighted by Crippen LogP contribution is 2.41. The largest absolute Gasteiger partial charge is 0.424 e. The number of fused-ring (bicyclic) bond motifs is 2. The van der Waals surface area contributed by atoms with E-state index in [9.17, 15) is 8.76 Å². The zero-order valence-corrected chi connectivity index (χ0v) is 19.2. The van der Waals surface area contributed by atoms with Crippen LogP contribution in [0.15, 0.2) is 11.2 Å². The van der Waals surface area contributed by atoms with Crippen molar-refractivity contribution in [2.45, 2.75) is 76.1 Å². The molecule has 0 saturated carbocycles. The molecule has 2 aliphatic carbocycles. The third-order valence-corrected chi connectivity index (χ3v) is 7.78. The van der Waals surface area contributed by atoms with Gasteiger partial charge in [-0.3, -0.25) is 4.55 Å². The summed E-state index contributed by atoms with van der Waals surface area (Å²) < 4.78 is 34.5. The van der Waals surface area contributed by atoms with Crippen molar-refractivity contribution in [1.29, 1.82) is 0 Å². The summed E-state index contributed by atoms with van der Waals surface area (Å²) in [4.78, 5) is 4.19. The van der Waals surface area contributed by atoms with E-state index in [0.717, 1.165) is 50.3 Å². The fourth-order valence-electron chi connectivity index (χ4n) is 4.05. The Labute approximate surface area is 175 Å². The minimum absolute atomic E-state index is 0.154. The van der Waals surface area contributed by atoms with E-state index in [1.807, 2.05) is 0 Å². The highest BCUT2D eigenvalue weighted by molar-refractivity contribution is 7.79. The second-order valence-corrected chi connectivity index (χ2v) is 15.5. The molecule has 1 aromatic carbocycles. The number of aryl methyl sites for hydroxylation is 2. The molecule has 2 aromatic rings. The molecular weight excluding hydrogens is 406 g/mol. The molecule has 0 saturated heterocycles. The highest BCUT2D eigenvalue weighted by Gasteiger charge is 2.27. The first kappa shape index (κ1) is 20.7. The number of ether oxygens (including phenoxy) is 2. The highest BCUT2D eigenvalue weighted by atomic mass is 32.2. The molecule has 1 heterocycles. The van der Waals surface area contributed by atoms with E-state index < -0.39 is 19.2 Å². The molecule has 2 aliphatic rings. The SMILES string of the molecule is C[Si](C)(C)CCOCn1nc(S(=O)O)nc1Oc1c2c(cc3c1CCC3)CCC2. The minimum atomic E-state index is -2.27. The van der Waals surface area contributed by atoms with Gasteiger partial charge in [0.25, 0.3) is 5.16 Å². The number of benzene rings is 1. The van der Waals surface area contributed by atoms with Crippen molar-refractivity contribution in [3.63, 3.8) is 0 Å². The zero-order valence-electron chi connectivity index (χ0n) is 17.4. The van der Waals surface area contributed by atoms with Gasteiger partial charge in [0.15, 0.2) is 0 Å². The lowest BCUT2D eigenvalue weighted by molar-refractivity contribution is 0.0722. The van der Waals surface area contributed by atoms with Gasteiger partial charge >= 0.3 is 6.01 Å². The Balaban J connectivity index is 1.60. The van der Waals surface area contributed by atoms with Crippen LogP contribution in [0.2, 0.25) is 25.7 Å². The second-order valence-electron chi connectivity index (χ2n) is 9.06. The van der Waals surface area contributed by atoms with Crippen molar-refractivity contribution in [2.24, 2.45) is 0 Å². The van der Waals surface area contributed by atoms with Crippen LogP contribution in [0.25, 0.3) is 0 Å². The first-order valence-corrected chi connectivity index (χ1v) is 15.1. The van der Waals surface area contributed by atoms with E-state index >= 15 is 0 Å². The summed E-state index contributed by atoms with van der Waals surface area (Å²) in [5, 5.41) is 3.99. The van der Waals surface area contributed by atoms with Crippen LogP contribution in [0, 0.1) is 0 Å². The molecule has 1 unspecified atom stereocenters. The molecule has 158 valence electrons. The van der Waals surface area contributed by atoms with Crippen molar-refractivity contribution in [1.82, 2.24) is 14.8 Å². The van der Waals surface area contributed by atoms with Gasteiger partial charge in [0, 0.05) is 14.7 Å². The summed E-state index contributed by atoms with van der Waals surface area (Å²) >= 11 is -2.27. The average molecular weight is 436 g/mol. The Morgan fingerprint density at radius 2 is 1.79 bits per heavy atom. The lowest BCUT2D eigenvalue weighted by Crippen LogP contribution is -2.22. The van der Waals surface area contributed by atoms with Gasteiger partial charge in [0.05, 0.1) is 0 Å². The van der Waals surface area contributed by atoms with Crippen LogP contribution in [-0.2, 0) is 48.2 Å². The molecular formula is C20H29N3O4SSi. The Kier molecular flexibility index (Phi) is 5.92. The summed E-state index contributed by atoms with van der Waals surface area (Å²) in [5.41, 5.74) is 5.24. The normalized spacial score (nSPS) is 16.7. The summed E-state index contributed by atoms with van der Waals surface area (Å²) in [6, 6.07) is 3.61. The van der Waals surface area contributed by atoms with Crippen LogP contribution in [0.3, 0.4) is 0 Å². The van der Waals surface area contributed by atoms with Gasteiger partial charge in [-0.15, -0.1) is 5.10 Å². The molecule has 7 nitrogen and oxygen atoms in total. The molecule has 0 fully saturated rings. The number of hydrogen-bond donors (Lipinski definition) is 1. The summed E-state index contributed by atoms with van der Waals surface area (Å²) in [6.07, 6.45) is 6.42. The molecule has 0 radical (unpaired) electrons. The van der Waals surface area contributed by atoms with Gasteiger partial charge in [-0.25, -0.2) is 4.21 Å². The lowest BCUT2D eigenvalue weighted by Gasteiger charge is -2.17. The Hall–Kier alpha value is -1.55. The van der Waals surface area contributed by atoms with Crippen molar-refractivity contribution in [3.8, 4) is 11.8 Å². The standard InChI is InChI=1S/C20H29N3O4SSi/c1-29(2,3)11-10-26-13-23-20(21-19(22-23)28(24)25)27-18-16-8-4-6-14(16)12-15-7-5-9-17(15)18/h12H,4-11,13H2,1-3H3,(H,24,25). The van der Waals surface area contributed by atoms with Crippen LogP contribution >= 0.6 is 0 Å². The number of nitrogens with zero attached hydrogens (tertiary/aromatic N) is 3. The summed E-state index contributed by atoms with van der Waals surface area (Å²) in [5.74, 6) is 0.888. The Bertz CT molecular complexity index is 907. The van der Waals surface area contributed by atoms with Crippen molar-refractivity contribution >= 4 is 19.2 Å². The molecule has 4 rings (SSSR count). The van der Waals surface area contributed by atoms with Gasteiger partial charge in [-0.1, -0.05) is 25.7 Å².